The van der Waals surface area contributed by atoms with Crippen LogP contribution in [-0.2, 0) is 6.54 Å². The Kier molecular flexibility index (Phi) is 5.42. The molecule has 0 atom stereocenters. The van der Waals surface area contributed by atoms with Crippen LogP contribution in [0.25, 0.3) is 10.9 Å². The summed E-state index contributed by atoms with van der Waals surface area (Å²) in [6.45, 7) is 7.08. The number of amides is 1. The minimum atomic E-state index is -0.510. The maximum absolute atomic E-state index is 12.7. The molecule has 0 spiro atoms. The van der Waals surface area contributed by atoms with E-state index in [0.29, 0.717) is 29.9 Å². The molecule has 2 aromatic rings. The fourth-order valence-corrected chi connectivity index (χ4v) is 2.60. The number of rotatable bonds is 6. The molecule has 0 fully saturated rings. The summed E-state index contributed by atoms with van der Waals surface area (Å²) in [5.74, 6) is -0.291. The van der Waals surface area contributed by atoms with Gasteiger partial charge in [-0.15, -0.1) is 0 Å². The molecule has 0 saturated heterocycles. The second kappa shape index (κ2) is 7.31. The van der Waals surface area contributed by atoms with Crippen molar-refractivity contribution in [1.82, 2.24) is 9.88 Å². The summed E-state index contributed by atoms with van der Waals surface area (Å²) < 4.78 is 1.56. The van der Waals surface area contributed by atoms with Crippen molar-refractivity contribution in [3.63, 3.8) is 0 Å². The smallest absolute Gasteiger partial charge is 0.267 e. The number of carbonyl (C=O) groups excluding carboxylic acids is 1. The van der Waals surface area contributed by atoms with Crippen molar-refractivity contribution in [3.8, 4) is 5.75 Å². The lowest BCUT2D eigenvalue weighted by atomic mass is 10.1. The SMILES string of the molecule is CCCn1c(=O)c(C(=O)NCCC(C)C)c(O)c2ccccc21. The highest BCUT2D eigenvalue weighted by atomic mass is 16.3. The Morgan fingerprint density at radius 1 is 1.30 bits per heavy atom. The van der Waals surface area contributed by atoms with Gasteiger partial charge in [0.25, 0.3) is 11.5 Å². The van der Waals surface area contributed by atoms with Gasteiger partial charge in [0, 0.05) is 18.5 Å². The normalized spacial score (nSPS) is 11.1. The van der Waals surface area contributed by atoms with Crippen LogP contribution in [-0.4, -0.2) is 22.1 Å². The highest BCUT2D eigenvalue weighted by Gasteiger charge is 2.21. The number of aromatic nitrogens is 1. The zero-order chi connectivity index (χ0) is 17.0. The number of carbonyl (C=O) groups is 1. The summed E-state index contributed by atoms with van der Waals surface area (Å²) in [5, 5.41) is 13.7. The predicted octanol–water partition coefficient (Wildman–Crippen LogP) is 2.89. The van der Waals surface area contributed by atoms with E-state index in [4.69, 9.17) is 0 Å². The predicted molar refractivity (Wildman–Crippen MR) is 92.0 cm³/mol. The number of benzene rings is 1. The monoisotopic (exact) mass is 316 g/mol. The molecule has 0 saturated carbocycles. The summed E-state index contributed by atoms with van der Waals surface area (Å²) in [7, 11) is 0. The molecule has 1 heterocycles. The summed E-state index contributed by atoms with van der Waals surface area (Å²) in [6, 6.07) is 7.10. The molecule has 2 rings (SSSR count). The number of pyridine rings is 1. The largest absolute Gasteiger partial charge is 0.506 e. The van der Waals surface area contributed by atoms with Crippen LogP contribution in [0, 0.1) is 5.92 Å². The topological polar surface area (TPSA) is 71.3 Å². The fraction of sp³-hybridized carbons (Fsp3) is 0.444. The van der Waals surface area contributed by atoms with Gasteiger partial charge in [0.15, 0.2) is 0 Å². The van der Waals surface area contributed by atoms with E-state index < -0.39 is 11.5 Å². The van der Waals surface area contributed by atoms with Gasteiger partial charge < -0.3 is 15.0 Å². The standard InChI is InChI=1S/C18H24N2O3/c1-4-11-20-14-8-6-5-7-13(14)16(21)15(18(20)23)17(22)19-10-9-12(2)3/h5-8,12,21H,4,9-11H2,1-3H3,(H,19,22). The van der Waals surface area contributed by atoms with Crippen LogP contribution in [0.5, 0.6) is 5.75 Å². The van der Waals surface area contributed by atoms with Gasteiger partial charge in [-0.05, 0) is 30.9 Å². The maximum atomic E-state index is 12.7. The summed E-state index contributed by atoms with van der Waals surface area (Å²) in [5.41, 5.74) is 0.0431. The molecule has 1 aromatic carbocycles. The summed E-state index contributed by atoms with van der Waals surface area (Å²) >= 11 is 0. The molecule has 0 radical (unpaired) electrons. The molecule has 5 nitrogen and oxygen atoms in total. The Bertz CT molecular complexity index is 763. The van der Waals surface area contributed by atoms with Crippen molar-refractivity contribution < 1.29 is 9.90 Å². The van der Waals surface area contributed by atoms with Crippen molar-refractivity contribution in [1.29, 1.82) is 0 Å². The first kappa shape index (κ1) is 17.1. The van der Waals surface area contributed by atoms with Gasteiger partial charge in [0.05, 0.1) is 5.52 Å². The van der Waals surface area contributed by atoms with E-state index >= 15 is 0 Å². The quantitative estimate of drug-likeness (QED) is 0.861. The minimum absolute atomic E-state index is 0.166. The minimum Gasteiger partial charge on any atom is -0.506 e. The maximum Gasteiger partial charge on any atom is 0.267 e. The number of fused-ring (bicyclic) bond motifs is 1. The Labute approximate surface area is 135 Å². The van der Waals surface area contributed by atoms with Gasteiger partial charge in [-0.1, -0.05) is 32.9 Å². The molecule has 1 aromatic heterocycles. The number of para-hydroxylation sites is 1. The number of hydrogen-bond acceptors (Lipinski definition) is 3. The Morgan fingerprint density at radius 2 is 2.00 bits per heavy atom. The lowest BCUT2D eigenvalue weighted by Crippen LogP contribution is -2.34. The van der Waals surface area contributed by atoms with E-state index in [-0.39, 0.29) is 11.3 Å². The van der Waals surface area contributed by atoms with Crippen molar-refractivity contribution in [2.24, 2.45) is 5.92 Å². The third-order valence-corrected chi connectivity index (χ3v) is 3.83. The number of aromatic hydroxyl groups is 1. The van der Waals surface area contributed by atoms with E-state index in [9.17, 15) is 14.7 Å². The lowest BCUT2D eigenvalue weighted by molar-refractivity contribution is 0.0947. The van der Waals surface area contributed by atoms with Crippen molar-refractivity contribution >= 4 is 16.8 Å². The second-order valence-corrected chi connectivity index (χ2v) is 6.14. The average molecular weight is 316 g/mol. The van der Waals surface area contributed by atoms with Gasteiger partial charge in [-0.3, -0.25) is 9.59 Å². The molecular weight excluding hydrogens is 292 g/mol. The number of aryl methyl sites for hydroxylation is 1. The van der Waals surface area contributed by atoms with Crippen molar-refractivity contribution in [3.05, 3.63) is 40.2 Å². The van der Waals surface area contributed by atoms with Gasteiger partial charge >= 0.3 is 0 Å². The third-order valence-electron chi connectivity index (χ3n) is 3.83. The molecule has 0 unspecified atom stereocenters. The number of nitrogens with one attached hydrogen (secondary N) is 1. The van der Waals surface area contributed by atoms with Crippen LogP contribution < -0.4 is 10.9 Å². The van der Waals surface area contributed by atoms with Crippen LogP contribution in [0.15, 0.2) is 29.1 Å². The van der Waals surface area contributed by atoms with Gasteiger partial charge in [-0.25, -0.2) is 0 Å². The first-order valence-corrected chi connectivity index (χ1v) is 8.10. The molecule has 1 amide bonds. The van der Waals surface area contributed by atoms with Gasteiger partial charge in [0.2, 0.25) is 0 Å². The zero-order valence-electron chi connectivity index (χ0n) is 13.9. The number of hydrogen-bond donors (Lipinski definition) is 2. The molecule has 0 aliphatic heterocycles. The van der Waals surface area contributed by atoms with E-state index in [2.05, 4.69) is 19.2 Å². The molecule has 0 aliphatic rings. The Morgan fingerprint density at radius 3 is 2.65 bits per heavy atom. The highest BCUT2D eigenvalue weighted by Crippen LogP contribution is 2.26. The lowest BCUT2D eigenvalue weighted by Gasteiger charge is -2.14. The highest BCUT2D eigenvalue weighted by molar-refractivity contribution is 6.02. The molecule has 0 bridgehead atoms. The molecule has 2 N–H and O–H groups in total. The third kappa shape index (κ3) is 3.55. The summed E-state index contributed by atoms with van der Waals surface area (Å²) in [6.07, 6.45) is 1.59. The molecular formula is C18H24N2O3. The van der Waals surface area contributed by atoms with E-state index in [0.717, 1.165) is 12.8 Å². The molecule has 124 valence electrons. The van der Waals surface area contributed by atoms with Crippen molar-refractivity contribution in [2.75, 3.05) is 6.54 Å². The van der Waals surface area contributed by atoms with E-state index in [1.807, 2.05) is 13.0 Å². The first-order valence-electron chi connectivity index (χ1n) is 8.10. The van der Waals surface area contributed by atoms with Crippen LogP contribution in [0.4, 0.5) is 0 Å². The Hall–Kier alpha value is -2.30. The van der Waals surface area contributed by atoms with Crippen molar-refractivity contribution in [2.45, 2.75) is 40.2 Å². The second-order valence-electron chi connectivity index (χ2n) is 6.14. The Balaban J connectivity index is 2.51. The molecule has 23 heavy (non-hydrogen) atoms. The van der Waals surface area contributed by atoms with E-state index in [1.165, 1.54) is 0 Å². The zero-order valence-corrected chi connectivity index (χ0v) is 13.9. The van der Waals surface area contributed by atoms with Crippen LogP contribution >= 0.6 is 0 Å². The summed E-state index contributed by atoms with van der Waals surface area (Å²) in [4.78, 5) is 25.1. The molecule has 0 aliphatic carbocycles. The van der Waals surface area contributed by atoms with Gasteiger partial charge in [0.1, 0.15) is 11.3 Å². The van der Waals surface area contributed by atoms with Crippen LogP contribution in [0.2, 0.25) is 0 Å². The van der Waals surface area contributed by atoms with E-state index in [1.54, 1.807) is 22.8 Å². The van der Waals surface area contributed by atoms with Crippen LogP contribution in [0.3, 0.4) is 0 Å². The first-order chi connectivity index (χ1) is 11.0. The van der Waals surface area contributed by atoms with Crippen LogP contribution in [0.1, 0.15) is 44.0 Å². The molecule has 5 heteroatoms. The fourth-order valence-electron chi connectivity index (χ4n) is 2.60. The average Bonchev–Trinajstić information content (AvgIpc) is 2.51. The van der Waals surface area contributed by atoms with Gasteiger partial charge in [-0.2, -0.15) is 0 Å². The number of nitrogens with zero attached hydrogens (tertiary/aromatic N) is 1.